The van der Waals surface area contributed by atoms with Crippen LogP contribution in [0.15, 0.2) is 36.0 Å². The molecule has 0 aromatic heterocycles. The number of rotatable bonds is 4. The van der Waals surface area contributed by atoms with Crippen LogP contribution in [-0.2, 0) is 4.84 Å². The molecule has 0 aliphatic carbocycles. The van der Waals surface area contributed by atoms with Crippen LogP contribution in [-0.4, -0.2) is 35.8 Å². The van der Waals surface area contributed by atoms with Crippen LogP contribution in [0.5, 0.6) is 0 Å². The maximum atomic E-state index is 6.25. The van der Waals surface area contributed by atoms with E-state index < -0.39 is 0 Å². The third-order valence-electron chi connectivity index (χ3n) is 5.54. The van der Waals surface area contributed by atoms with Gasteiger partial charge in [-0.1, -0.05) is 47.1 Å². The van der Waals surface area contributed by atoms with Crippen LogP contribution in [0, 0.1) is 5.92 Å². The number of oxime groups is 1. The summed E-state index contributed by atoms with van der Waals surface area (Å²) in [5.41, 5.74) is 2.45. The molecule has 0 spiro atoms. The molecule has 4 rings (SSSR count). The Kier molecular flexibility index (Phi) is 4.12. The molecule has 3 fully saturated rings. The van der Waals surface area contributed by atoms with Crippen molar-refractivity contribution in [1.82, 2.24) is 4.90 Å². The second kappa shape index (κ2) is 6.12. The second-order valence-electron chi connectivity index (χ2n) is 6.68. The summed E-state index contributed by atoms with van der Waals surface area (Å²) in [5.74, 6) is 0.878. The molecular weight excluding hydrogens is 331 g/mol. The Balaban J connectivity index is 1.67. The molecule has 3 aliphatic heterocycles. The lowest BCUT2D eigenvalue weighted by molar-refractivity contribution is 0.153. The number of nitrogens with zero attached hydrogens (tertiary/aromatic N) is 2. The average Bonchev–Trinajstić information content (AvgIpc) is 2.95. The monoisotopic (exact) mass is 350 g/mol. The maximum absolute atomic E-state index is 6.25. The molecule has 5 atom stereocenters. The predicted octanol–water partition coefficient (Wildman–Crippen LogP) is 4.50. The lowest BCUT2D eigenvalue weighted by Crippen LogP contribution is -2.40. The van der Waals surface area contributed by atoms with Crippen molar-refractivity contribution in [3.05, 3.63) is 46.5 Å². The highest BCUT2D eigenvalue weighted by molar-refractivity contribution is 6.42. The van der Waals surface area contributed by atoms with Gasteiger partial charge in [-0.3, -0.25) is 4.90 Å². The van der Waals surface area contributed by atoms with E-state index in [4.69, 9.17) is 28.0 Å². The summed E-state index contributed by atoms with van der Waals surface area (Å²) in [5, 5.41) is 5.69. The van der Waals surface area contributed by atoms with Crippen molar-refractivity contribution in [2.24, 2.45) is 11.1 Å². The van der Waals surface area contributed by atoms with Gasteiger partial charge in [0.1, 0.15) is 6.61 Å². The largest absolute Gasteiger partial charge is 0.392 e. The molecule has 0 N–H and O–H groups in total. The van der Waals surface area contributed by atoms with E-state index >= 15 is 0 Å². The highest BCUT2D eigenvalue weighted by atomic mass is 35.5. The van der Waals surface area contributed by atoms with Crippen molar-refractivity contribution in [2.45, 2.75) is 37.3 Å². The fraction of sp³-hybridized carbons (Fsp3) is 0.500. The standard InChI is InChI=1S/C18H20Cl2N2O/c1-2-7-23-21-16-10-22-12-4-6-17(22)18(16)13(9-12)11-3-5-14(19)15(20)8-11/h2-3,5,8,12-13,17-18H,1,4,6-7,9-10H2/b21-16-/t12-,13+,17+,18+/m0/s1. The normalized spacial score (nSPS) is 36.4. The molecule has 1 aromatic rings. The van der Waals surface area contributed by atoms with Gasteiger partial charge in [0.15, 0.2) is 0 Å². The lowest BCUT2D eigenvalue weighted by Gasteiger charge is -2.36. The van der Waals surface area contributed by atoms with E-state index in [9.17, 15) is 0 Å². The van der Waals surface area contributed by atoms with Crippen LogP contribution >= 0.6 is 23.2 Å². The Labute approximate surface area is 146 Å². The number of hydrogen-bond acceptors (Lipinski definition) is 3. The van der Waals surface area contributed by atoms with Gasteiger partial charge in [-0.15, -0.1) is 0 Å². The van der Waals surface area contributed by atoms with E-state index in [0.717, 1.165) is 6.54 Å². The van der Waals surface area contributed by atoms with Gasteiger partial charge in [-0.2, -0.15) is 0 Å². The third kappa shape index (κ3) is 2.59. The Bertz CT molecular complexity index is 660. The Morgan fingerprint density at radius 3 is 2.96 bits per heavy atom. The van der Waals surface area contributed by atoms with Crippen LogP contribution < -0.4 is 0 Å². The molecule has 1 unspecified atom stereocenters. The molecule has 3 aliphatic rings. The van der Waals surface area contributed by atoms with Gasteiger partial charge in [0.25, 0.3) is 0 Å². The first kappa shape index (κ1) is 15.5. The maximum Gasteiger partial charge on any atom is 0.135 e. The topological polar surface area (TPSA) is 24.8 Å². The summed E-state index contributed by atoms with van der Waals surface area (Å²) >= 11 is 12.3. The zero-order chi connectivity index (χ0) is 16.0. The van der Waals surface area contributed by atoms with Crippen LogP contribution in [0.4, 0.5) is 0 Å². The molecular formula is C18H20Cl2N2O. The molecule has 3 saturated heterocycles. The number of hydrogen-bond donors (Lipinski definition) is 0. The molecule has 3 heterocycles. The average molecular weight is 351 g/mol. The van der Waals surface area contributed by atoms with Crippen LogP contribution in [0.25, 0.3) is 0 Å². The highest BCUT2D eigenvalue weighted by Crippen LogP contribution is 2.51. The predicted molar refractivity (Wildman–Crippen MR) is 94.4 cm³/mol. The molecule has 0 radical (unpaired) electrons. The summed E-state index contributed by atoms with van der Waals surface area (Å²) in [7, 11) is 0. The van der Waals surface area contributed by atoms with Crippen LogP contribution in [0.1, 0.15) is 30.7 Å². The molecule has 3 nitrogen and oxygen atoms in total. The molecule has 4 bridgehead atoms. The number of benzene rings is 1. The summed E-state index contributed by atoms with van der Waals surface area (Å²) in [4.78, 5) is 8.03. The fourth-order valence-corrected chi connectivity index (χ4v) is 4.96. The molecule has 1 aromatic carbocycles. The first-order valence-corrected chi connectivity index (χ1v) is 8.95. The van der Waals surface area contributed by atoms with Gasteiger partial charge in [0, 0.05) is 24.5 Å². The van der Waals surface area contributed by atoms with Gasteiger partial charge in [-0.25, -0.2) is 0 Å². The van der Waals surface area contributed by atoms with Crippen molar-refractivity contribution in [3.8, 4) is 0 Å². The van der Waals surface area contributed by atoms with Gasteiger partial charge in [0.05, 0.1) is 15.8 Å². The summed E-state index contributed by atoms with van der Waals surface area (Å²) in [6.45, 7) is 5.08. The Morgan fingerprint density at radius 1 is 1.30 bits per heavy atom. The quantitative estimate of drug-likeness (QED) is 0.453. The zero-order valence-electron chi connectivity index (χ0n) is 12.9. The molecule has 5 heteroatoms. The zero-order valence-corrected chi connectivity index (χ0v) is 14.4. The minimum Gasteiger partial charge on any atom is -0.392 e. The first-order valence-electron chi connectivity index (χ1n) is 8.19. The molecule has 23 heavy (non-hydrogen) atoms. The van der Waals surface area contributed by atoms with E-state index in [0.29, 0.717) is 40.6 Å². The first-order chi connectivity index (χ1) is 11.2. The van der Waals surface area contributed by atoms with Gasteiger partial charge in [-0.05, 0) is 42.9 Å². The molecule has 0 saturated carbocycles. The van der Waals surface area contributed by atoms with Crippen LogP contribution in [0.2, 0.25) is 10.0 Å². The summed E-state index contributed by atoms with van der Waals surface area (Å²) in [6, 6.07) is 7.31. The van der Waals surface area contributed by atoms with E-state index in [-0.39, 0.29) is 0 Å². The third-order valence-corrected chi connectivity index (χ3v) is 6.28. The van der Waals surface area contributed by atoms with Crippen molar-refractivity contribution in [2.75, 3.05) is 13.2 Å². The minimum atomic E-state index is 0.427. The van der Waals surface area contributed by atoms with Crippen molar-refractivity contribution in [1.29, 1.82) is 0 Å². The smallest absolute Gasteiger partial charge is 0.135 e. The van der Waals surface area contributed by atoms with Gasteiger partial charge in [0.2, 0.25) is 0 Å². The van der Waals surface area contributed by atoms with Crippen molar-refractivity contribution >= 4 is 28.9 Å². The van der Waals surface area contributed by atoms with Crippen molar-refractivity contribution in [3.63, 3.8) is 0 Å². The Hall–Kier alpha value is -1.03. The summed E-state index contributed by atoms with van der Waals surface area (Å²) in [6.07, 6.45) is 5.45. The Morgan fingerprint density at radius 2 is 2.17 bits per heavy atom. The van der Waals surface area contributed by atoms with Gasteiger partial charge < -0.3 is 4.84 Å². The SMILES string of the molecule is C=CCO/N=C1/CN2[C@H]3CC[C@@H]2[C@@H]1[C@@H](c1ccc(Cl)c(Cl)c1)C3. The second-order valence-corrected chi connectivity index (χ2v) is 7.49. The summed E-state index contributed by atoms with van der Waals surface area (Å²) < 4.78 is 0. The fourth-order valence-electron chi connectivity index (χ4n) is 4.65. The molecule has 0 amide bonds. The highest BCUT2D eigenvalue weighted by Gasteiger charge is 2.54. The number of halogens is 2. The van der Waals surface area contributed by atoms with Crippen LogP contribution in [0.3, 0.4) is 0 Å². The molecule has 122 valence electrons. The van der Waals surface area contributed by atoms with Crippen molar-refractivity contribution < 1.29 is 4.84 Å². The van der Waals surface area contributed by atoms with E-state index in [1.54, 1.807) is 6.08 Å². The van der Waals surface area contributed by atoms with E-state index in [1.165, 1.54) is 30.5 Å². The number of piperidine rings is 1. The van der Waals surface area contributed by atoms with E-state index in [2.05, 4.69) is 22.7 Å². The minimum absolute atomic E-state index is 0.427. The van der Waals surface area contributed by atoms with Gasteiger partial charge >= 0.3 is 0 Å². The lowest BCUT2D eigenvalue weighted by atomic mass is 9.77. The van der Waals surface area contributed by atoms with E-state index in [1.807, 2.05) is 12.1 Å².